The molecule has 2 aromatic carbocycles. The molecule has 0 aliphatic carbocycles. The smallest absolute Gasteiger partial charge is 0.293 e. The minimum absolute atomic E-state index is 0.118. The van der Waals surface area contributed by atoms with Crippen LogP contribution in [0.1, 0.15) is 11.6 Å². The molecule has 0 saturated carbocycles. The monoisotopic (exact) mass is 415 g/mol. The zero-order valence-electron chi connectivity index (χ0n) is 14.9. The van der Waals surface area contributed by atoms with Crippen LogP contribution in [0.15, 0.2) is 41.3 Å². The molecule has 0 aliphatic rings. The van der Waals surface area contributed by atoms with Gasteiger partial charge in [0.15, 0.2) is 9.84 Å². The van der Waals surface area contributed by atoms with Crippen molar-refractivity contribution < 1.29 is 17.7 Å². The number of hydrogen-bond donors (Lipinski definition) is 1. The van der Waals surface area contributed by atoms with Gasteiger partial charge in [-0.2, -0.15) is 0 Å². The van der Waals surface area contributed by atoms with Gasteiger partial charge in [0, 0.05) is 29.5 Å². The number of halogens is 2. The minimum Gasteiger partial charge on any atom is -0.378 e. The van der Waals surface area contributed by atoms with Crippen LogP contribution in [0.25, 0.3) is 0 Å². The third-order valence-electron chi connectivity index (χ3n) is 4.04. The predicted octanol–water partition coefficient (Wildman–Crippen LogP) is 3.51. The summed E-state index contributed by atoms with van der Waals surface area (Å²) >= 11 is 6.13. The van der Waals surface area contributed by atoms with Gasteiger partial charge in [0.05, 0.1) is 15.9 Å². The van der Waals surface area contributed by atoms with Crippen molar-refractivity contribution in [2.75, 3.05) is 32.2 Å². The van der Waals surface area contributed by atoms with E-state index in [9.17, 15) is 22.9 Å². The molecule has 0 heterocycles. The van der Waals surface area contributed by atoms with Crippen molar-refractivity contribution in [1.82, 2.24) is 4.90 Å². The number of benzene rings is 2. The van der Waals surface area contributed by atoms with Gasteiger partial charge in [0.25, 0.3) is 5.69 Å². The van der Waals surface area contributed by atoms with Gasteiger partial charge in [-0.25, -0.2) is 12.8 Å². The topological polar surface area (TPSA) is 92.6 Å². The second-order valence-corrected chi connectivity index (χ2v) is 8.63. The highest BCUT2D eigenvalue weighted by atomic mass is 35.5. The van der Waals surface area contributed by atoms with Crippen molar-refractivity contribution in [1.29, 1.82) is 0 Å². The molecule has 0 aromatic heterocycles. The van der Waals surface area contributed by atoms with Crippen molar-refractivity contribution in [2.24, 2.45) is 0 Å². The second-order valence-electron chi connectivity index (χ2n) is 6.20. The zero-order valence-corrected chi connectivity index (χ0v) is 16.5. The third-order valence-corrected chi connectivity index (χ3v) is 5.48. The van der Waals surface area contributed by atoms with Crippen molar-refractivity contribution in [3.05, 3.63) is 62.9 Å². The fourth-order valence-corrected chi connectivity index (χ4v) is 3.55. The molecule has 1 atom stereocenters. The van der Waals surface area contributed by atoms with E-state index in [1.54, 1.807) is 25.1 Å². The fraction of sp³-hybridized carbons (Fsp3) is 0.294. The molecule has 0 radical (unpaired) electrons. The van der Waals surface area contributed by atoms with E-state index in [1.807, 2.05) is 0 Å². The molecule has 2 aromatic rings. The standard InChI is InChI=1S/C17H19ClFN3O4S/c1-21(2)16(17-12(18)5-4-6-13(17)19)10-20-14-8-7-11(27(3,25)26)9-15(14)22(23)24/h4-9,16,20H,10H2,1-3H3/t16-/m0/s1. The number of nitro benzene ring substituents is 1. The van der Waals surface area contributed by atoms with E-state index in [0.717, 1.165) is 12.3 Å². The zero-order chi connectivity index (χ0) is 20.4. The maximum Gasteiger partial charge on any atom is 0.293 e. The van der Waals surface area contributed by atoms with Gasteiger partial charge in [-0.05, 0) is 38.4 Å². The Morgan fingerprint density at radius 3 is 2.48 bits per heavy atom. The molecule has 0 spiro atoms. The van der Waals surface area contributed by atoms with Gasteiger partial charge in [-0.3, -0.25) is 10.1 Å². The van der Waals surface area contributed by atoms with E-state index < -0.39 is 26.6 Å². The van der Waals surface area contributed by atoms with Crippen LogP contribution in [-0.4, -0.2) is 45.1 Å². The van der Waals surface area contributed by atoms with Crippen molar-refractivity contribution in [2.45, 2.75) is 10.9 Å². The van der Waals surface area contributed by atoms with Crippen molar-refractivity contribution in [3.8, 4) is 0 Å². The van der Waals surface area contributed by atoms with Gasteiger partial charge < -0.3 is 10.2 Å². The lowest BCUT2D eigenvalue weighted by molar-refractivity contribution is -0.384. The number of rotatable bonds is 7. The second kappa shape index (κ2) is 8.20. The van der Waals surface area contributed by atoms with Crippen LogP contribution in [0.4, 0.5) is 15.8 Å². The summed E-state index contributed by atoms with van der Waals surface area (Å²) in [6.07, 6.45) is 0.974. The number of nitrogens with one attached hydrogen (secondary N) is 1. The lowest BCUT2D eigenvalue weighted by Crippen LogP contribution is -2.28. The molecule has 0 aliphatic heterocycles. The lowest BCUT2D eigenvalue weighted by Gasteiger charge is -2.26. The summed E-state index contributed by atoms with van der Waals surface area (Å²) < 4.78 is 37.5. The molecular formula is C17H19ClFN3O4S. The minimum atomic E-state index is -3.58. The van der Waals surface area contributed by atoms with E-state index >= 15 is 0 Å². The highest BCUT2D eigenvalue weighted by Crippen LogP contribution is 2.32. The maximum atomic E-state index is 14.3. The summed E-state index contributed by atoms with van der Waals surface area (Å²) in [5.41, 5.74) is 0.0221. The Morgan fingerprint density at radius 1 is 1.30 bits per heavy atom. The van der Waals surface area contributed by atoms with Crippen molar-refractivity contribution in [3.63, 3.8) is 0 Å². The number of hydrogen-bond acceptors (Lipinski definition) is 6. The molecule has 0 amide bonds. The van der Waals surface area contributed by atoms with Gasteiger partial charge in [0.1, 0.15) is 11.5 Å². The van der Waals surface area contributed by atoms with Crippen LogP contribution in [0.3, 0.4) is 0 Å². The quantitative estimate of drug-likeness (QED) is 0.549. The average Bonchev–Trinajstić information content (AvgIpc) is 2.56. The first kappa shape index (κ1) is 21.1. The van der Waals surface area contributed by atoms with Crippen LogP contribution in [0, 0.1) is 15.9 Å². The van der Waals surface area contributed by atoms with Crippen LogP contribution < -0.4 is 5.32 Å². The first-order valence-corrected chi connectivity index (χ1v) is 10.1. The van der Waals surface area contributed by atoms with Gasteiger partial charge in [-0.15, -0.1) is 0 Å². The first-order valence-electron chi connectivity index (χ1n) is 7.85. The SMILES string of the molecule is CN(C)[C@@H](CNc1ccc(S(C)(=O)=O)cc1[N+](=O)[O-])c1c(F)cccc1Cl. The molecule has 146 valence electrons. The molecular weight excluding hydrogens is 397 g/mol. The summed E-state index contributed by atoms with van der Waals surface area (Å²) in [5, 5.41) is 14.5. The van der Waals surface area contributed by atoms with E-state index in [2.05, 4.69) is 5.32 Å². The molecule has 27 heavy (non-hydrogen) atoms. The van der Waals surface area contributed by atoms with Crippen LogP contribution in [0.5, 0.6) is 0 Å². The summed E-state index contributed by atoms with van der Waals surface area (Å²) in [7, 11) is -0.117. The number of nitro groups is 1. The Kier molecular flexibility index (Phi) is 6.40. The van der Waals surface area contributed by atoms with E-state index in [-0.39, 0.29) is 33.4 Å². The number of likely N-dealkylation sites (N-methyl/N-ethyl adjacent to an activating group) is 1. The lowest BCUT2D eigenvalue weighted by atomic mass is 10.0. The molecule has 0 bridgehead atoms. The molecule has 0 saturated heterocycles. The fourth-order valence-electron chi connectivity index (χ4n) is 2.62. The van der Waals surface area contributed by atoms with E-state index in [1.165, 1.54) is 24.3 Å². The van der Waals surface area contributed by atoms with Gasteiger partial charge >= 0.3 is 0 Å². The molecule has 0 unspecified atom stereocenters. The molecule has 0 fully saturated rings. The number of anilines is 1. The van der Waals surface area contributed by atoms with Crippen molar-refractivity contribution >= 4 is 32.8 Å². The summed E-state index contributed by atoms with van der Waals surface area (Å²) in [6.45, 7) is 0.118. The van der Waals surface area contributed by atoms with E-state index in [4.69, 9.17) is 11.6 Å². The number of nitrogens with zero attached hydrogens (tertiary/aromatic N) is 2. The Bertz CT molecular complexity index is 946. The highest BCUT2D eigenvalue weighted by Gasteiger charge is 2.23. The van der Waals surface area contributed by atoms with Crippen LogP contribution in [-0.2, 0) is 9.84 Å². The first-order chi connectivity index (χ1) is 12.5. The van der Waals surface area contributed by atoms with Crippen LogP contribution in [0.2, 0.25) is 5.02 Å². The Labute approximate surface area is 161 Å². The van der Waals surface area contributed by atoms with E-state index in [0.29, 0.717) is 0 Å². The molecule has 7 nitrogen and oxygen atoms in total. The van der Waals surface area contributed by atoms with Crippen LogP contribution >= 0.6 is 11.6 Å². The summed E-state index contributed by atoms with van der Waals surface area (Å²) in [6, 6.07) is 7.46. The largest absolute Gasteiger partial charge is 0.378 e. The number of sulfone groups is 1. The highest BCUT2D eigenvalue weighted by molar-refractivity contribution is 7.90. The van der Waals surface area contributed by atoms with Gasteiger partial charge in [0.2, 0.25) is 0 Å². The molecule has 2 rings (SSSR count). The maximum absolute atomic E-state index is 14.3. The average molecular weight is 416 g/mol. The normalized spacial score (nSPS) is 12.8. The molecule has 1 N–H and O–H groups in total. The Hall–Kier alpha value is -2.23. The summed E-state index contributed by atoms with van der Waals surface area (Å²) in [5.74, 6) is -0.482. The Morgan fingerprint density at radius 2 is 1.96 bits per heavy atom. The molecule has 10 heteroatoms. The van der Waals surface area contributed by atoms with Gasteiger partial charge in [-0.1, -0.05) is 17.7 Å². The predicted molar refractivity (Wildman–Crippen MR) is 103 cm³/mol. The third kappa shape index (κ3) is 4.94. The Balaban J connectivity index is 2.37. The summed E-state index contributed by atoms with van der Waals surface area (Å²) in [4.78, 5) is 12.2.